The molecule has 0 heterocycles. The van der Waals surface area contributed by atoms with E-state index in [4.69, 9.17) is 9.47 Å². The number of hydrogen-bond acceptors (Lipinski definition) is 5. The second kappa shape index (κ2) is 11.9. The van der Waals surface area contributed by atoms with Crippen LogP contribution in [0, 0.1) is 13.8 Å². The highest BCUT2D eigenvalue weighted by molar-refractivity contribution is 7.92. The van der Waals surface area contributed by atoms with Gasteiger partial charge in [0.15, 0.2) is 0 Å². The summed E-state index contributed by atoms with van der Waals surface area (Å²) < 4.78 is 37.6. The lowest BCUT2D eigenvalue weighted by Gasteiger charge is -2.23. The van der Waals surface area contributed by atoms with Gasteiger partial charge in [-0.15, -0.1) is 0 Å². The Morgan fingerprint density at radius 1 is 0.917 bits per heavy atom. The zero-order valence-corrected chi connectivity index (χ0v) is 22.3. The van der Waals surface area contributed by atoms with E-state index in [1.807, 2.05) is 45.9 Å². The van der Waals surface area contributed by atoms with E-state index in [1.165, 1.54) is 16.1 Å². The first-order valence-corrected chi connectivity index (χ1v) is 13.7. The fourth-order valence-electron chi connectivity index (χ4n) is 3.53. The highest BCUT2D eigenvalue weighted by atomic mass is 32.2. The van der Waals surface area contributed by atoms with E-state index in [1.54, 1.807) is 48.5 Å². The van der Waals surface area contributed by atoms with Crippen LogP contribution in [-0.4, -0.2) is 39.8 Å². The smallest absolute Gasteiger partial charge is 0.251 e. The van der Waals surface area contributed by atoms with Gasteiger partial charge >= 0.3 is 0 Å². The first-order chi connectivity index (χ1) is 17.0. The van der Waals surface area contributed by atoms with Crippen molar-refractivity contribution < 1.29 is 22.7 Å². The number of nitrogens with one attached hydrogen (secondary N) is 1. The number of carbonyl (C=O) groups is 1. The van der Waals surface area contributed by atoms with E-state index >= 15 is 0 Å². The molecule has 0 atom stereocenters. The fourth-order valence-corrected chi connectivity index (χ4v) is 4.42. The van der Waals surface area contributed by atoms with Gasteiger partial charge in [-0.25, -0.2) is 8.42 Å². The van der Waals surface area contributed by atoms with Crippen molar-refractivity contribution in [2.45, 2.75) is 40.3 Å². The summed E-state index contributed by atoms with van der Waals surface area (Å²) in [5.74, 6) is 1.23. The van der Waals surface area contributed by atoms with Crippen molar-refractivity contribution in [2.24, 2.45) is 0 Å². The summed E-state index contributed by atoms with van der Waals surface area (Å²) in [4.78, 5) is 12.5. The van der Waals surface area contributed by atoms with Gasteiger partial charge < -0.3 is 14.8 Å². The van der Waals surface area contributed by atoms with Gasteiger partial charge in [0.2, 0.25) is 10.0 Å². The van der Waals surface area contributed by atoms with Crippen LogP contribution >= 0.6 is 0 Å². The Morgan fingerprint density at radius 3 is 2.14 bits per heavy atom. The number of aryl methyl sites for hydroxylation is 2. The number of rotatable bonds is 11. The van der Waals surface area contributed by atoms with Crippen molar-refractivity contribution in [3.8, 4) is 11.5 Å². The molecule has 0 fully saturated rings. The zero-order valence-electron chi connectivity index (χ0n) is 21.4. The molecule has 1 N–H and O–H groups in total. The summed E-state index contributed by atoms with van der Waals surface area (Å²) in [6, 6.07) is 19.7. The first-order valence-electron chi connectivity index (χ1n) is 11.8. The molecule has 0 aromatic heterocycles. The Kier molecular flexibility index (Phi) is 8.98. The Bertz CT molecular complexity index is 1270. The minimum atomic E-state index is -3.52. The summed E-state index contributed by atoms with van der Waals surface area (Å²) >= 11 is 0. The normalized spacial score (nSPS) is 11.3. The maximum absolute atomic E-state index is 12.5. The molecule has 1 amide bonds. The molecule has 0 unspecified atom stereocenters. The van der Waals surface area contributed by atoms with Crippen molar-refractivity contribution in [3.63, 3.8) is 0 Å². The van der Waals surface area contributed by atoms with E-state index in [2.05, 4.69) is 5.32 Å². The average Bonchev–Trinajstić information content (AvgIpc) is 2.82. The van der Waals surface area contributed by atoms with Crippen LogP contribution in [0.15, 0.2) is 66.7 Å². The predicted octanol–water partition coefficient (Wildman–Crippen LogP) is 4.87. The number of hydrogen-bond donors (Lipinski definition) is 1. The molecule has 0 saturated heterocycles. The number of ether oxygens (including phenoxy) is 2. The second-order valence-corrected chi connectivity index (χ2v) is 10.9. The maximum Gasteiger partial charge on any atom is 0.251 e. The van der Waals surface area contributed by atoms with Crippen LogP contribution in [0.4, 0.5) is 5.69 Å². The van der Waals surface area contributed by atoms with Crippen LogP contribution in [0.3, 0.4) is 0 Å². The topological polar surface area (TPSA) is 84.9 Å². The Hall–Kier alpha value is -3.52. The van der Waals surface area contributed by atoms with Crippen molar-refractivity contribution in [3.05, 3.63) is 89.0 Å². The van der Waals surface area contributed by atoms with Gasteiger partial charge in [-0.2, -0.15) is 0 Å². The molecule has 0 spiro atoms. The largest absolute Gasteiger partial charge is 0.492 e. The highest BCUT2D eigenvalue weighted by Crippen LogP contribution is 2.24. The van der Waals surface area contributed by atoms with Gasteiger partial charge in [0.05, 0.1) is 31.1 Å². The summed E-state index contributed by atoms with van der Waals surface area (Å²) in [5.41, 5.74) is 4.15. The molecule has 0 aliphatic rings. The lowest BCUT2D eigenvalue weighted by atomic mass is 10.1. The van der Waals surface area contributed by atoms with Gasteiger partial charge in [0, 0.05) is 5.56 Å². The summed E-state index contributed by atoms with van der Waals surface area (Å²) in [6.07, 6.45) is 1.20. The molecule has 7 nitrogen and oxygen atoms in total. The predicted molar refractivity (Wildman–Crippen MR) is 143 cm³/mol. The average molecular weight is 511 g/mol. The third-order valence-corrected chi connectivity index (χ3v) is 6.71. The highest BCUT2D eigenvalue weighted by Gasteiger charge is 2.18. The number of benzene rings is 3. The van der Waals surface area contributed by atoms with Crippen molar-refractivity contribution in [1.29, 1.82) is 0 Å². The van der Waals surface area contributed by atoms with Gasteiger partial charge in [-0.05, 0) is 92.9 Å². The molecule has 8 heteroatoms. The fraction of sp³-hybridized carbons (Fsp3) is 0.321. The lowest BCUT2D eigenvalue weighted by molar-refractivity contribution is 0.0947. The summed E-state index contributed by atoms with van der Waals surface area (Å²) in [7, 11) is -3.52. The Labute approximate surface area is 214 Å². The lowest BCUT2D eigenvalue weighted by Crippen LogP contribution is -2.29. The van der Waals surface area contributed by atoms with Crippen LogP contribution < -0.4 is 19.1 Å². The van der Waals surface area contributed by atoms with Crippen LogP contribution in [0.5, 0.6) is 11.5 Å². The van der Waals surface area contributed by atoms with Crippen LogP contribution in [-0.2, 0) is 16.6 Å². The third-order valence-electron chi connectivity index (χ3n) is 5.57. The zero-order chi connectivity index (χ0) is 26.3. The third kappa shape index (κ3) is 7.75. The Balaban J connectivity index is 1.57. The van der Waals surface area contributed by atoms with Gasteiger partial charge in [-0.1, -0.05) is 18.2 Å². The van der Waals surface area contributed by atoms with Crippen molar-refractivity contribution in [1.82, 2.24) is 5.32 Å². The minimum Gasteiger partial charge on any atom is -0.492 e. The molecule has 3 aromatic carbocycles. The van der Waals surface area contributed by atoms with Crippen LogP contribution in [0.1, 0.15) is 40.9 Å². The first kappa shape index (κ1) is 27.1. The Morgan fingerprint density at radius 2 is 1.56 bits per heavy atom. The summed E-state index contributed by atoms with van der Waals surface area (Å²) in [6.45, 7) is 8.81. The molecule has 0 aliphatic carbocycles. The monoisotopic (exact) mass is 510 g/mol. The molecule has 0 aliphatic heterocycles. The number of amides is 1. The standard InChI is InChI=1S/C28H34N2O5S/c1-20(2)35-26-14-11-25(12-15-26)30(36(5,32)33)19-23-7-9-24(10-8-23)28(31)29-16-17-34-27-13-6-21(3)22(4)18-27/h6-15,18,20H,16-17,19H2,1-5H3,(H,29,31). The van der Waals surface area contributed by atoms with E-state index < -0.39 is 10.0 Å². The molecule has 3 aromatic rings. The van der Waals surface area contributed by atoms with E-state index in [9.17, 15) is 13.2 Å². The van der Waals surface area contributed by atoms with E-state index in [0.29, 0.717) is 30.2 Å². The molecule has 0 saturated carbocycles. The van der Waals surface area contributed by atoms with Gasteiger partial charge in [-0.3, -0.25) is 9.10 Å². The molecule has 0 radical (unpaired) electrons. The number of carbonyl (C=O) groups excluding carboxylic acids is 1. The van der Waals surface area contributed by atoms with Crippen molar-refractivity contribution in [2.75, 3.05) is 23.7 Å². The molecular formula is C28H34N2O5S. The molecule has 36 heavy (non-hydrogen) atoms. The second-order valence-electron chi connectivity index (χ2n) is 8.98. The maximum atomic E-state index is 12.5. The molecule has 192 valence electrons. The van der Waals surface area contributed by atoms with E-state index in [-0.39, 0.29) is 18.6 Å². The molecule has 3 rings (SSSR count). The van der Waals surface area contributed by atoms with Crippen LogP contribution in [0.2, 0.25) is 0 Å². The van der Waals surface area contributed by atoms with E-state index in [0.717, 1.165) is 16.9 Å². The quantitative estimate of drug-likeness (QED) is 0.372. The number of nitrogens with zero attached hydrogens (tertiary/aromatic N) is 1. The summed E-state index contributed by atoms with van der Waals surface area (Å²) in [5, 5.41) is 2.84. The van der Waals surface area contributed by atoms with Crippen LogP contribution in [0.25, 0.3) is 0 Å². The van der Waals surface area contributed by atoms with Gasteiger partial charge in [0.25, 0.3) is 5.91 Å². The molecular weight excluding hydrogens is 476 g/mol. The van der Waals surface area contributed by atoms with Crippen molar-refractivity contribution >= 4 is 21.6 Å². The minimum absolute atomic E-state index is 0.0301. The molecule has 0 bridgehead atoms. The van der Waals surface area contributed by atoms with Gasteiger partial charge in [0.1, 0.15) is 18.1 Å². The SMILES string of the molecule is Cc1ccc(OCCNC(=O)c2ccc(CN(c3ccc(OC(C)C)cc3)S(C)(=O)=O)cc2)cc1C. The number of sulfonamides is 1. The number of anilines is 1.